The lowest BCUT2D eigenvalue weighted by Gasteiger charge is -2.34. The van der Waals surface area contributed by atoms with Gasteiger partial charge in [-0.25, -0.2) is 4.98 Å². The normalized spacial score (nSPS) is 21.1. The van der Waals surface area contributed by atoms with Gasteiger partial charge in [-0.05, 0) is 43.7 Å². The van der Waals surface area contributed by atoms with Crippen LogP contribution in [-0.2, 0) is 11.2 Å². The minimum atomic E-state index is -0.00804. The summed E-state index contributed by atoms with van der Waals surface area (Å²) < 4.78 is 0. The van der Waals surface area contributed by atoms with Crippen molar-refractivity contribution in [2.75, 3.05) is 13.1 Å². The number of nitrogens with zero attached hydrogens (tertiary/aromatic N) is 2. The van der Waals surface area contributed by atoms with Crippen LogP contribution in [0.5, 0.6) is 0 Å². The molecular formula is C21H24N4O. The molecule has 0 radical (unpaired) electrons. The number of benzene rings is 1. The predicted molar refractivity (Wildman–Crippen MR) is 101 cm³/mol. The first-order valence-corrected chi connectivity index (χ1v) is 9.69. The number of H-pyrrole nitrogens is 2. The van der Waals surface area contributed by atoms with Gasteiger partial charge in [0.05, 0.1) is 5.92 Å². The smallest absolute Gasteiger partial charge is 0.231 e. The lowest BCUT2D eigenvalue weighted by molar-refractivity contribution is -0.134. The number of imidazole rings is 1. The fraction of sp³-hybridized carbons (Fsp3) is 0.429. The maximum Gasteiger partial charge on any atom is 0.231 e. The molecular weight excluding hydrogens is 324 g/mol. The van der Waals surface area contributed by atoms with E-state index in [1.54, 1.807) is 0 Å². The molecule has 1 saturated heterocycles. The third kappa shape index (κ3) is 2.54. The highest BCUT2D eigenvalue weighted by Crippen LogP contribution is 2.38. The van der Waals surface area contributed by atoms with E-state index in [0.29, 0.717) is 11.8 Å². The molecule has 0 saturated carbocycles. The number of fused-ring (bicyclic) bond motifs is 3. The van der Waals surface area contributed by atoms with Crippen molar-refractivity contribution >= 4 is 16.8 Å². The Morgan fingerprint density at radius 1 is 1.15 bits per heavy atom. The van der Waals surface area contributed by atoms with E-state index < -0.39 is 0 Å². The Morgan fingerprint density at radius 2 is 2.00 bits per heavy atom. The maximum atomic E-state index is 13.3. The van der Waals surface area contributed by atoms with Crippen LogP contribution < -0.4 is 0 Å². The molecule has 1 aromatic carbocycles. The first kappa shape index (κ1) is 15.7. The Balaban J connectivity index is 1.36. The Labute approximate surface area is 152 Å². The van der Waals surface area contributed by atoms with Crippen molar-refractivity contribution in [3.8, 4) is 0 Å². The zero-order valence-electron chi connectivity index (χ0n) is 14.9. The van der Waals surface area contributed by atoms with Crippen LogP contribution in [0.2, 0.25) is 0 Å². The molecule has 5 heteroatoms. The molecule has 1 aliphatic heterocycles. The number of amides is 1. The summed E-state index contributed by atoms with van der Waals surface area (Å²) in [7, 11) is 0. The van der Waals surface area contributed by atoms with E-state index in [-0.39, 0.29) is 5.92 Å². The Morgan fingerprint density at radius 3 is 2.81 bits per heavy atom. The van der Waals surface area contributed by atoms with Gasteiger partial charge in [-0.2, -0.15) is 0 Å². The van der Waals surface area contributed by atoms with Crippen LogP contribution in [0, 0.1) is 0 Å². The fourth-order valence-corrected chi connectivity index (χ4v) is 4.76. The second-order valence-electron chi connectivity index (χ2n) is 7.58. The molecule has 0 spiro atoms. The first-order valence-electron chi connectivity index (χ1n) is 9.69. The highest BCUT2D eigenvalue weighted by Gasteiger charge is 2.34. The molecule has 1 fully saturated rings. The third-order valence-corrected chi connectivity index (χ3v) is 6.13. The van der Waals surface area contributed by atoms with Crippen molar-refractivity contribution in [3.63, 3.8) is 0 Å². The average Bonchev–Trinajstić information content (AvgIpc) is 3.35. The lowest BCUT2D eigenvalue weighted by Crippen LogP contribution is -2.41. The standard InChI is InChI=1S/C21H24N4O/c26-21(25-12-8-14(9-13-25)20-22-10-11-23-20)17-6-3-5-16-15-4-1-2-7-18(15)24-19(16)17/h1-2,4,7,10-11,14,17,24H,3,5-6,8-9,12-13H2,(H,22,23)/t17-/m1/s1. The number of aromatic nitrogens is 3. The summed E-state index contributed by atoms with van der Waals surface area (Å²) in [5, 5.41) is 1.29. The van der Waals surface area contributed by atoms with Crippen molar-refractivity contribution in [3.05, 3.63) is 53.7 Å². The zero-order valence-corrected chi connectivity index (χ0v) is 14.9. The van der Waals surface area contributed by atoms with Gasteiger partial charge in [-0.1, -0.05) is 18.2 Å². The molecule has 0 bridgehead atoms. The van der Waals surface area contributed by atoms with Gasteiger partial charge >= 0.3 is 0 Å². The Kier molecular flexibility index (Phi) is 3.80. The number of carbonyl (C=O) groups is 1. The number of hydrogen-bond acceptors (Lipinski definition) is 2. The lowest BCUT2D eigenvalue weighted by atomic mass is 9.85. The van der Waals surface area contributed by atoms with Gasteiger partial charge in [0.15, 0.2) is 0 Å². The monoisotopic (exact) mass is 348 g/mol. The summed E-state index contributed by atoms with van der Waals surface area (Å²) >= 11 is 0. The summed E-state index contributed by atoms with van der Waals surface area (Å²) in [6, 6.07) is 8.43. The molecule has 3 heterocycles. The minimum absolute atomic E-state index is 0.00804. The average molecular weight is 348 g/mol. The Hall–Kier alpha value is -2.56. The Bertz CT molecular complexity index is 919. The van der Waals surface area contributed by atoms with Crippen molar-refractivity contribution < 1.29 is 4.79 Å². The molecule has 134 valence electrons. The van der Waals surface area contributed by atoms with Gasteiger partial charge in [0, 0.05) is 48.0 Å². The minimum Gasteiger partial charge on any atom is -0.357 e. The molecule has 2 N–H and O–H groups in total. The highest BCUT2D eigenvalue weighted by molar-refractivity contribution is 5.90. The molecule has 1 aliphatic carbocycles. The highest BCUT2D eigenvalue weighted by atomic mass is 16.2. The van der Waals surface area contributed by atoms with E-state index in [0.717, 1.165) is 62.2 Å². The number of nitrogens with one attached hydrogen (secondary N) is 2. The molecule has 1 amide bonds. The summed E-state index contributed by atoms with van der Waals surface area (Å²) in [5.74, 6) is 1.80. The van der Waals surface area contributed by atoms with Gasteiger partial charge in [-0.3, -0.25) is 4.79 Å². The van der Waals surface area contributed by atoms with E-state index in [1.807, 2.05) is 12.4 Å². The second kappa shape index (κ2) is 6.31. The van der Waals surface area contributed by atoms with Crippen molar-refractivity contribution in [1.82, 2.24) is 19.9 Å². The van der Waals surface area contributed by atoms with E-state index in [9.17, 15) is 4.79 Å². The summed E-state index contributed by atoms with van der Waals surface area (Å²) in [6.07, 6.45) is 8.80. The molecule has 0 unspecified atom stereocenters. The number of rotatable bonds is 2. The number of para-hydroxylation sites is 1. The van der Waals surface area contributed by atoms with E-state index >= 15 is 0 Å². The molecule has 2 aliphatic rings. The largest absolute Gasteiger partial charge is 0.357 e. The van der Waals surface area contributed by atoms with Crippen LogP contribution >= 0.6 is 0 Å². The van der Waals surface area contributed by atoms with Gasteiger partial charge in [0.25, 0.3) is 0 Å². The van der Waals surface area contributed by atoms with Crippen LogP contribution in [0.4, 0.5) is 0 Å². The van der Waals surface area contributed by atoms with Gasteiger partial charge < -0.3 is 14.9 Å². The van der Waals surface area contributed by atoms with E-state index in [2.05, 4.69) is 44.1 Å². The maximum absolute atomic E-state index is 13.3. The molecule has 3 aromatic rings. The number of carbonyl (C=O) groups excluding carboxylic acids is 1. The van der Waals surface area contributed by atoms with Crippen LogP contribution in [-0.4, -0.2) is 38.8 Å². The van der Waals surface area contributed by atoms with Gasteiger partial charge in [0.1, 0.15) is 5.82 Å². The third-order valence-electron chi connectivity index (χ3n) is 6.13. The summed E-state index contributed by atoms with van der Waals surface area (Å²) in [5.41, 5.74) is 3.68. The number of aryl methyl sites for hydroxylation is 1. The number of likely N-dealkylation sites (tertiary alicyclic amines) is 1. The van der Waals surface area contributed by atoms with Crippen LogP contribution in [0.25, 0.3) is 10.9 Å². The predicted octanol–water partition coefficient (Wildman–Crippen LogP) is 3.72. The van der Waals surface area contributed by atoms with Gasteiger partial charge in [0.2, 0.25) is 5.91 Å². The van der Waals surface area contributed by atoms with Crippen LogP contribution in [0.15, 0.2) is 36.7 Å². The molecule has 5 nitrogen and oxygen atoms in total. The summed E-state index contributed by atoms with van der Waals surface area (Å²) in [4.78, 5) is 26.5. The zero-order chi connectivity index (χ0) is 17.5. The van der Waals surface area contributed by atoms with Crippen molar-refractivity contribution in [2.24, 2.45) is 0 Å². The topological polar surface area (TPSA) is 64.8 Å². The fourth-order valence-electron chi connectivity index (χ4n) is 4.76. The van der Waals surface area contributed by atoms with Crippen molar-refractivity contribution in [2.45, 2.75) is 43.9 Å². The molecule has 2 aromatic heterocycles. The van der Waals surface area contributed by atoms with Crippen molar-refractivity contribution in [1.29, 1.82) is 0 Å². The van der Waals surface area contributed by atoms with Crippen LogP contribution in [0.3, 0.4) is 0 Å². The van der Waals surface area contributed by atoms with E-state index in [1.165, 1.54) is 10.9 Å². The molecule has 26 heavy (non-hydrogen) atoms. The molecule has 1 atom stereocenters. The summed E-state index contributed by atoms with van der Waals surface area (Å²) in [6.45, 7) is 1.66. The second-order valence-corrected chi connectivity index (χ2v) is 7.58. The van der Waals surface area contributed by atoms with Crippen LogP contribution in [0.1, 0.15) is 54.6 Å². The van der Waals surface area contributed by atoms with Gasteiger partial charge in [-0.15, -0.1) is 0 Å². The van der Waals surface area contributed by atoms with E-state index in [4.69, 9.17) is 0 Å². The number of aromatic amines is 2. The number of hydrogen-bond donors (Lipinski definition) is 2. The first-order chi connectivity index (χ1) is 12.8. The SMILES string of the molecule is O=C([C@@H]1CCCc2c1[nH]c1ccccc21)N1CCC(c2ncc[nH]2)CC1. The quantitative estimate of drug-likeness (QED) is 0.741. The number of piperidine rings is 1. The molecule has 5 rings (SSSR count).